The van der Waals surface area contributed by atoms with Crippen molar-refractivity contribution < 1.29 is 32.0 Å². The Bertz CT molecular complexity index is 1630. The Morgan fingerprint density at radius 3 is 2.43 bits per heavy atom. The first-order chi connectivity index (χ1) is 20.1. The van der Waals surface area contributed by atoms with Crippen molar-refractivity contribution in [1.82, 2.24) is 14.9 Å². The van der Waals surface area contributed by atoms with Gasteiger partial charge in [0.15, 0.2) is 11.5 Å². The van der Waals surface area contributed by atoms with Crippen molar-refractivity contribution in [3.63, 3.8) is 0 Å². The molecule has 0 radical (unpaired) electrons. The number of hydrogen-bond donors (Lipinski definition) is 1. The standard InChI is InChI=1S/C29H27ClF3N5O4/c1-40-21-9-7-20(19-8-10-23(29(31,32)33)35-25(19)21)27-36-26(22(15-34)42-27)28(39)38-13-11-17(12-14-38)24(37-41-2)16-3-5-18(30)6-4-16/h3-10,17H,11-15,34H2,1-2H3. The summed E-state index contributed by atoms with van der Waals surface area (Å²) in [6.45, 7) is 0.763. The average Bonchev–Trinajstić information content (AvgIpc) is 3.43. The van der Waals surface area contributed by atoms with Crippen LogP contribution >= 0.6 is 11.6 Å². The number of fused-ring (bicyclic) bond motifs is 1. The van der Waals surface area contributed by atoms with Gasteiger partial charge < -0.3 is 24.6 Å². The molecule has 1 saturated heterocycles. The number of carbonyl (C=O) groups excluding carboxylic acids is 1. The summed E-state index contributed by atoms with van der Waals surface area (Å²) in [5.41, 5.74) is 6.90. The Balaban J connectivity index is 1.40. The van der Waals surface area contributed by atoms with Gasteiger partial charge in [0, 0.05) is 35.0 Å². The number of nitrogens with zero attached hydrogens (tertiary/aromatic N) is 4. The first-order valence-electron chi connectivity index (χ1n) is 13.1. The van der Waals surface area contributed by atoms with E-state index in [2.05, 4.69) is 15.1 Å². The number of hydrogen-bond acceptors (Lipinski definition) is 8. The second-order valence-corrected chi connectivity index (χ2v) is 10.1. The normalized spacial score (nSPS) is 14.8. The molecule has 5 rings (SSSR count). The maximum atomic E-state index is 13.6. The summed E-state index contributed by atoms with van der Waals surface area (Å²) in [6, 6.07) is 12.6. The van der Waals surface area contributed by atoms with Gasteiger partial charge >= 0.3 is 6.18 Å². The Hall–Kier alpha value is -4.16. The van der Waals surface area contributed by atoms with Gasteiger partial charge in [-0.25, -0.2) is 9.97 Å². The lowest BCUT2D eigenvalue weighted by molar-refractivity contribution is -0.140. The minimum atomic E-state index is -4.64. The highest BCUT2D eigenvalue weighted by Gasteiger charge is 2.34. The molecule has 2 aromatic heterocycles. The van der Waals surface area contributed by atoms with Crippen LogP contribution in [-0.2, 0) is 17.6 Å². The Morgan fingerprint density at radius 1 is 1.10 bits per heavy atom. The SMILES string of the molecule is CON=C(c1ccc(Cl)cc1)C1CCN(C(=O)c2nc(-c3ccc(OC)c4nc(C(F)(F)F)ccc34)oc2CN)CC1. The summed E-state index contributed by atoms with van der Waals surface area (Å²) in [4.78, 5) is 28.6. The highest BCUT2D eigenvalue weighted by atomic mass is 35.5. The van der Waals surface area contributed by atoms with E-state index in [9.17, 15) is 18.0 Å². The molecule has 1 aliphatic rings. The van der Waals surface area contributed by atoms with E-state index in [0.29, 0.717) is 41.9 Å². The number of halogens is 4. The van der Waals surface area contributed by atoms with E-state index >= 15 is 0 Å². The molecule has 220 valence electrons. The lowest BCUT2D eigenvalue weighted by atomic mass is 9.88. The fraction of sp³-hybridized carbons (Fsp3) is 0.310. The molecule has 0 spiro atoms. The topological polar surface area (TPSA) is 116 Å². The van der Waals surface area contributed by atoms with Gasteiger partial charge in [-0.05, 0) is 54.8 Å². The van der Waals surface area contributed by atoms with Crippen LogP contribution in [0.25, 0.3) is 22.4 Å². The highest BCUT2D eigenvalue weighted by molar-refractivity contribution is 6.30. The number of rotatable bonds is 7. The molecule has 0 aliphatic carbocycles. The summed E-state index contributed by atoms with van der Waals surface area (Å²) in [7, 11) is 2.83. The quantitative estimate of drug-likeness (QED) is 0.206. The highest BCUT2D eigenvalue weighted by Crippen LogP contribution is 2.37. The first-order valence-corrected chi connectivity index (χ1v) is 13.4. The number of pyridine rings is 1. The van der Waals surface area contributed by atoms with Crippen LogP contribution in [0.1, 0.15) is 40.3 Å². The number of piperidine rings is 1. The van der Waals surface area contributed by atoms with Gasteiger partial charge in [0.25, 0.3) is 5.91 Å². The second-order valence-electron chi connectivity index (χ2n) is 9.63. The number of carbonyl (C=O) groups is 1. The van der Waals surface area contributed by atoms with Gasteiger partial charge in [0.2, 0.25) is 5.89 Å². The van der Waals surface area contributed by atoms with Crippen LogP contribution in [0.5, 0.6) is 5.75 Å². The van der Waals surface area contributed by atoms with Gasteiger partial charge in [-0.1, -0.05) is 28.9 Å². The molecule has 0 atom stereocenters. The number of likely N-dealkylation sites (tertiary alicyclic amines) is 1. The van der Waals surface area contributed by atoms with Crippen LogP contribution in [0, 0.1) is 5.92 Å². The van der Waals surface area contributed by atoms with E-state index in [1.165, 1.54) is 26.4 Å². The average molecular weight is 602 g/mol. The van der Waals surface area contributed by atoms with E-state index in [1.807, 2.05) is 12.1 Å². The third kappa shape index (κ3) is 5.77. The van der Waals surface area contributed by atoms with Gasteiger partial charge in [0.05, 0.1) is 19.4 Å². The molecular weight excluding hydrogens is 575 g/mol. The van der Waals surface area contributed by atoms with Gasteiger partial charge in [-0.2, -0.15) is 13.2 Å². The van der Waals surface area contributed by atoms with Crippen molar-refractivity contribution in [2.75, 3.05) is 27.3 Å². The van der Waals surface area contributed by atoms with Crippen LogP contribution in [0.15, 0.2) is 58.1 Å². The third-order valence-electron chi connectivity index (χ3n) is 7.14. The zero-order valence-corrected chi connectivity index (χ0v) is 23.5. The summed E-state index contributed by atoms with van der Waals surface area (Å²) >= 11 is 6.03. The fourth-order valence-electron chi connectivity index (χ4n) is 5.06. The van der Waals surface area contributed by atoms with Gasteiger partial charge in [-0.3, -0.25) is 4.79 Å². The number of nitrogens with two attached hydrogens (primary N) is 1. The van der Waals surface area contributed by atoms with Gasteiger partial charge in [0.1, 0.15) is 24.1 Å². The number of benzene rings is 2. The molecule has 1 amide bonds. The van der Waals surface area contributed by atoms with E-state index in [1.54, 1.807) is 23.1 Å². The Kier molecular flexibility index (Phi) is 8.37. The zero-order chi connectivity index (χ0) is 30.0. The first kappa shape index (κ1) is 29.3. The summed E-state index contributed by atoms with van der Waals surface area (Å²) in [5.74, 6) is 0.0659. The van der Waals surface area contributed by atoms with Crippen molar-refractivity contribution in [1.29, 1.82) is 0 Å². The van der Waals surface area contributed by atoms with Crippen LogP contribution in [0.3, 0.4) is 0 Å². The Labute approximate surface area is 244 Å². The maximum Gasteiger partial charge on any atom is 0.433 e. The molecule has 3 heterocycles. The monoisotopic (exact) mass is 601 g/mol. The summed E-state index contributed by atoms with van der Waals surface area (Å²) in [5, 5.41) is 5.18. The fourth-order valence-corrected chi connectivity index (χ4v) is 5.19. The zero-order valence-electron chi connectivity index (χ0n) is 22.7. The van der Waals surface area contributed by atoms with Crippen molar-refractivity contribution >= 4 is 34.1 Å². The number of oxazole rings is 1. The van der Waals surface area contributed by atoms with Crippen LogP contribution in [-0.4, -0.2) is 53.8 Å². The predicted octanol–water partition coefficient (Wildman–Crippen LogP) is 5.93. The minimum absolute atomic E-state index is 0.0125. The lowest BCUT2D eigenvalue weighted by Crippen LogP contribution is -2.41. The molecule has 1 aliphatic heterocycles. The van der Waals surface area contributed by atoms with Crippen molar-refractivity contribution in [3.8, 4) is 17.2 Å². The van der Waals surface area contributed by atoms with E-state index in [0.717, 1.165) is 17.3 Å². The lowest BCUT2D eigenvalue weighted by Gasteiger charge is -2.32. The summed E-state index contributed by atoms with van der Waals surface area (Å²) in [6.07, 6.45) is -3.37. The molecule has 13 heteroatoms. The second kappa shape index (κ2) is 12.0. The number of aromatic nitrogens is 2. The molecule has 42 heavy (non-hydrogen) atoms. The molecule has 1 fully saturated rings. The van der Waals surface area contributed by atoms with E-state index < -0.39 is 11.9 Å². The molecule has 9 nitrogen and oxygen atoms in total. The molecular formula is C29H27ClF3N5O4. The molecule has 2 N–H and O–H groups in total. The van der Waals surface area contributed by atoms with Crippen LogP contribution in [0.4, 0.5) is 13.2 Å². The third-order valence-corrected chi connectivity index (χ3v) is 7.40. The minimum Gasteiger partial charge on any atom is -0.494 e. The van der Waals surface area contributed by atoms with Crippen LogP contribution in [0.2, 0.25) is 5.02 Å². The maximum absolute atomic E-state index is 13.6. The molecule has 4 aromatic rings. The Morgan fingerprint density at radius 2 is 1.81 bits per heavy atom. The molecule has 2 aromatic carbocycles. The van der Waals surface area contributed by atoms with Crippen LogP contribution < -0.4 is 10.5 Å². The van der Waals surface area contributed by atoms with Gasteiger partial charge in [-0.15, -0.1) is 0 Å². The van der Waals surface area contributed by atoms with Crippen molar-refractivity contribution in [2.24, 2.45) is 16.8 Å². The number of alkyl halides is 3. The molecule has 0 bridgehead atoms. The summed E-state index contributed by atoms with van der Waals surface area (Å²) < 4.78 is 51.2. The van der Waals surface area contributed by atoms with E-state index in [4.69, 9.17) is 31.3 Å². The number of amides is 1. The largest absolute Gasteiger partial charge is 0.494 e. The number of methoxy groups -OCH3 is 1. The molecule has 0 saturated carbocycles. The predicted molar refractivity (Wildman–Crippen MR) is 150 cm³/mol. The van der Waals surface area contributed by atoms with E-state index in [-0.39, 0.29) is 47.0 Å². The van der Waals surface area contributed by atoms with Crippen molar-refractivity contribution in [3.05, 3.63) is 76.3 Å². The smallest absolute Gasteiger partial charge is 0.433 e. The number of oxime groups is 1. The molecule has 0 unspecified atom stereocenters. The van der Waals surface area contributed by atoms with Crippen molar-refractivity contribution in [2.45, 2.75) is 25.6 Å². The number of ether oxygens (including phenoxy) is 1.